The van der Waals surface area contributed by atoms with Gasteiger partial charge in [-0.05, 0) is 26.8 Å². The van der Waals surface area contributed by atoms with Crippen molar-refractivity contribution < 1.29 is 4.79 Å². The molecule has 0 aromatic heterocycles. The summed E-state index contributed by atoms with van der Waals surface area (Å²) in [5.74, 6) is -0.0695. The molecule has 2 atom stereocenters. The van der Waals surface area contributed by atoms with Gasteiger partial charge in [0.25, 0.3) is 0 Å². The average Bonchev–Trinajstić information content (AvgIpc) is 1.94. The van der Waals surface area contributed by atoms with Crippen molar-refractivity contribution in [3.8, 4) is 0 Å². The maximum atomic E-state index is 10.8. The summed E-state index contributed by atoms with van der Waals surface area (Å²) in [6, 6.07) is 0.602. The van der Waals surface area contributed by atoms with Gasteiger partial charge in [0.15, 0.2) is 0 Å². The van der Waals surface area contributed by atoms with E-state index in [2.05, 4.69) is 11.8 Å². The second-order valence-corrected chi connectivity index (χ2v) is 3.47. The lowest BCUT2D eigenvalue weighted by molar-refractivity contribution is -0.123. The fraction of sp³-hybridized carbons (Fsp3) is 0.875. The van der Waals surface area contributed by atoms with Crippen molar-refractivity contribution in [3.05, 3.63) is 0 Å². The predicted octanol–water partition coefficient (Wildman–Crippen LogP) is 0.202. The molecule has 0 aliphatic carbocycles. The molecular formula is C8H16N2O. The molecule has 1 amide bonds. The number of primary amides is 1. The second-order valence-electron chi connectivity index (χ2n) is 3.47. The Morgan fingerprint density at radius 2 is 2.18 bits per heavy atom. The second kappa shape index (κ2) is 3.22. The van der Waals surface area contributed by atoms with E-state index in [9.17, 15) is 4.79 Å². The first-order chi connectivity index (χ1) is 5.11. The van der Waals surface area contributed by atoms with Gasteiger partial charge in [-0.25, -0.2) is 0 Å². The predicted molar refractivity (Wildman–Crippen MR) is 44.0 cm³/mol. The standard InChI is InChI=1S/C8H16N2O/c1-6-3-4-7(8(9)11)5-10(6)2/h6-7H,3-5H2,1-2H3,(H2,9,11). The van der Waals surface area contributed by atoms with E-state index in [4.69, 9.17) is 5.73 Å². The Balaban J connectivity index is 2.46. The molecule has 0 aromatic rings. The largest absolute Gasteiger partial charge is 0.369 e. The molecule has 1 fully saturated rings. The zero-order valence-corrected chi connectivity index (χ0v) is 7.21. The summed E-state index contributed by atoms with van der Waals surface area (Å²) in [5.41, 5.74) is 5.21. The molecule has 1 rings (SSSR count). The highest BCUT2D eigenvalue weighted by Gasteiger charge is 2.25. The van der Waals surface area contributed by atoms with Crippen molar-refractivity contribution >= 4 is 5.91 Å². The molecule has 1 heterocycles. The molecule has 0 radical (unpaired) electrons. The van der Waals surface area contributed by atoms with Crippen LogP contribution in [0.3, 0.4) is 0 Å². The molecule has 64 valence electrons. The zero-order valence-electron chi connectivity index (χ0n) is 7.21. The Hall–Kier alpha value is -0.570. The number of amides is 1. The maximum Gasteiger partial charge on any atom is 0.221 e. The Labute approximate surface area is 67.5 Å². The van der Waals surface area contributed by atoms with E-state index in [0.717, 1.165) is 19.4 Å². The molecule has 2 N–H and O–H groups in total. The van der Waals surface area contributed by atoms with Crippen LogP contribution >= 0.6 is 0 Å². The normalized spacial score (nSPS) is 33.6. The summed E-state index contributed by atoms with van der Waals surface area (Å²) >= 11 is 0. The smallest absolute Gasteiger partial charge is 0.221 e. The van der Waals surface area contributed by atoms with Crippen molar-refractivity contribution in [1.82, 2.24) is 4.90 Å². The Kier molecular flexibility index (Phi) is 2.49. The summed E-state index contributed by atoms with van der Waals surface area (Å²) in [4.78, 5) is 13.0. The summed E-state index contributed by atoms with van der Waals surface area (Å²) < 4.78 is 0. The number of likely N-dealkylation sites (tertiary alicyclic amines) is 1. The lowest BCUT2D eigenvalue weighted by atomic mass is 9.94. The third kappa shape index (κ3) is 1.93. The van der Waals surface area contributed by atoms with Crippen LogP contribution in [0.25, 0.3) is 0 Å². The van der Waals surface area contributed by atoms with Crippen LogP contribution in [-0.2, 0) is 4.79 Å². The molecule has 1 aliphatic rings. The van der Waals surface area contributed by atoms with Crippen LogP contribution in [0, 0.1) is 5.92 Å². The fourth-order valence-corrected chi connectivity index (χ4v) is 1.51. The number of hydrogen-bond donors (Lipinski definition) is 1. The SMILES string of the molecule is CC1CCC(C(N)=O)CN1C. The van der Waals surface area contributed by atoms with Gasteiger partial charge in [-0.2, -0.15) is 0 Å². The monoisotopic (exact) mass is 156 g/mol. The van der Waals surface area contributed by atoms with E-state index >= 15 is 0 Å². The first kappa shape index (κ1) is 8.53. The summed E-state index contributed by atoms with van der Waals surface area (Å²) in [7, 11) is 2.04. The Morgan fingerprint density at radius 3 is 2.64 bits per heavy atom. The first-order valence-corrected chi connectivity index (χ1v) is 4.11. The average molecular weight is 156 g/mol. The van der Waals surface area contributed by atoms with Gasteiger partial charge in [-0.15, -0.1) is 0 Å². The highest BCUT2D eigenvalue weighted by Crippen LogP contribution is 2.19. The van der Waals surface area contributed by atoms with Gasteiger partial charge in [0.2, 0.25) is 5.91 Å². The molecule has 2 unspecified atom stereocenters. The third-order valence-electron chi connectivity index (χ3n) is 2.60. The quantitative estimate of drug-likeness (QED) is 0.589. The van der Waals surface area contributed by atoms with E-state index in [1.54, 1.807) is 0 Å². The lowest BCUT2D eigenvalue weighted by Crippen LogP contribution is -2.43. The molecule has 0 aromatic carbocycles. The van der Waals surface area contributed by atoms with Crippen LogP contribution < -0.4 is 5.73 Å². The number of carbonyl (C=O) groups is 1. The van der Waals surface area contributed by atoms with E-state index in [1.165, 1.54) is 0 Å². The van der Waals surface area contributed by atoms with Gasteiger partial charge in [0.1, 0.15) is 0 Å². The van der Waals surface area contributed by atoms with Crippen LogP contribution in [0.1, 0.15) is 19.8 Å². The molecular weight excluding hydrogens is 140 g/mol. The molecule has 1 aliphatic heterocycles. The Morgan fingerprint density at radius 1 is 1.55 bits per heavy atom. The van der Waals surface area contributed by atoms with Crippen LogP contribution in [0.15, 0.2) is 0 Å². The zero-order chi connectivity index (χ0) is 8.43. The van der Waals surface area contributed by atoms with Gasteiger partial charge in [-0.3, -0.25) is 4.79 Å². The molecule has 3 heteroatoms. The fourth-order valence-electron chi connectivity index (χ4n) is 1.51. The summed E-state index contributed by atoms with van der Waals surface area (Å²) in [6.07, 6.45) is 2.05. The third-order valence-corrected chi connectivity index (χ3v) is 2.60. The number of piperidine rings is 1. The van der Waals surface area contributed by atoms with Crippen LogP contribution in [0.2, 0.25) is 0 Å². The van der Waals surface area contributed by atoms with Crippen LogP contribution in [-0.4, -0.2) is 30.4 Å². The maximum absolute atomic E-state index is 10.8. The van der Waals surface area contributed by atoms with Gasteiger partial charge in [0.05, 0.1) is 5.92 Å². The Bertz CT molecular complexity index is 158. The number of rotatable bonds is 1. The van der Waals surface area contributed by atoms with Crippen molar-refractivity contribution in [2.45, 2.75) is 25.8 Å². The van der Waals surface area contributed by atoms with Gasteiger partial charge >= 0.3 is 0 Å². The lowest BCUT2D eigenvalue weighted by Gasteiger charge is -2.33. The highest BCUT2D eigenvalue weighted by molar-refractivity contribution is 5.76. The van der Waals surface area contributed by atoms with Gasteiger partial charge in [0, 0.05) is 12.6 Å². The minimum atomic E-state index is -0.149. The van der Waals surface area contributed by atoms with Gasteiger partial charge < -0.3 is 10.6 Å². The first-order valence-electron chi connectivity index (χ1n) is 4.11. The number of carbonyl (C=O) groups excluding carboxylic acids is 1. The van der Waals surface area contributed by atoms with Crippen LogP contribution in [0.4, 0.5) is 0 Å². The molecule has 0 bridgehead atoms. The number of hydrogen-bond acceptors (Lipinski definition) is 2. The van der Waals surface area contributed by atoms with E-state index in [0.29, 0.717) is 6.04 Å². The van der Waals surface area contributed by atoms with Crippen molar-refractivity contribution in [1.29, 1.82) is 0 Å². The van der Waals surface area contributed by atoms with Crippen molar-refractivity contribution in [2.75, 3.05) is 13.6 Å². The number of nitrogens with two attached hydrogens (primary N) is 1. The van der Waals surface area contributed by atoms with E-state index < -0.39 is 0 Å². The molecule has 11 heavy (non-hydrogen) atoms. The molecule has 0 spiro atoms. The van der Waals surface area contributed by atoms with Gasteiger partial charge in [-0.1, -0.05) is 0 Å². The van der Waals surface area contributed by atoms with Crippen molar-refractivity contribution in [2.24, 2.45) is 11.7 Å². The van der Waals surface area contributed by atoms with Crippen LogP contribution in [0.5, 0.6) is 0 Å². The topological polar surface area (TPSA) is 46.3 Å². The summed E-state index contributed by atoms with van der Waals surface area (Å²) in [5, 5.41) is 0. The summed E-state index contributed by atoms with van der Waals surface area (Å²) in [6.45, 7) is 3.01. The van der Waals surface area contributed by atoms with E-state index in [-0.39, 0.29) is 11.8 Å². The minimum absolute atomic E-state index is 0.0798. The molecule has 3 nitrogen and oxygen atoms in total. The molecule has 0 saturated carbocycles. The minimum Gasteiger partial charge on any atom is -0.369 e. The molecule has 1 saturated heterocycles. The van der Waals surface area contributed by atoms with Crippen molar-refractivity contribution in [3.63, 3.8) is 0 Å². The van der Waals surface area contributed by atoms with E-state index in [1.807, 2.05) is 7.05 Å². The number of nitrogens with zero attached hydrogens (tertiary/aromatic N) is 1. The highest BCUT2D eigenvalue weighted by atomic mass is 16.1.